The van der Waals surface area contributed by atoms with Gasteiger partial charge in [-0.15, -0.1) is 0 Å². The number of nitrogens with one attached hydrogen (secondary N) is 3. The second-order valence-corrected chi connectivity index (χ2v) is 9.46. The summed E-state index contributed by atoms with van der Waals surface area (Å²) in [4.78, 5) is 0. The number of hydrogen-bond acceptors (Lipinski definition) is 4. The van der Waals surface area contributed by atoms with Crippen LogP contribution in [-0.2, 0) is 0 Å². The first-order valence-electron chi connectivity index (χ1n) is 8.08. The van der Waals surface area contributed by atoms with E-state index in [2.05, 4.69) is 39.4 Å². The van der Waals surface area contributed by atoms with Crippen LogP contribution in [-0.4, -0.2) is 92.5 Å². The molecule has 21 heavy (non-hydrogen) atoms. The molecule has 1 unspecified atom stereocenters. The van der Waals surface area contributed by atoms with Gasteiger partial charge in [-0.25, -0.2) is 18.5 Å². The van der Waals surface area contributed by atoms with Crippen LogP contribution < -0.4 is 16.0 Å². The van der Waals surface area contributed by atoms with Gasteiger partial charge >= 0.3 is 0 Å². The molecule has 3 rings (SSSR count). The highest BCUT2D eigenvalue weighted by Crippen LogP contribution is 2.60. The zero-order valence-corrected chi connectivity index (χ0v) is 14.8. The third-order valence-corrected chi connectivity index (χ3v) is 9.29. The molecule has 1 atom stereocenters. The monoisotopic (exact) mass is 333 g/mol. The fourth-order valence-electron chi connectivity index (χ4n) is 3.52. The summed E-state index contributed by atoms with van der Waals surface area (Å²) in [6.07, 6.45) is 0. The number of piperazine rings is 3. The summed E-state index contributed by atoms with van der Waals surface area (Å²) in [6.45, 7) is 13.2. The average molecular weight is 333 g/mol. The van der Waals surface area contributed by atoms with Crippen LogP contribution in [0.1, 0.15) is 0 Å². The minimum Gasteiger partial charge on any atom is -0.314 e. The van der Waals surface area contributed by atoms with E-state index in [-0.39, 0.29) is 0 Å². The Labute approximate surface area is 130 Å². The smallest absolute Gasteiger partial charge is 0.171 e. The van der Waals surface area contributed by atoms with Gasteiger partial charge in [0.15, 0.2) is 7.51 Å². The molecule has 3 saturated heterocycles. The molecule has 0 amide bonds. The molecule has 0 aromatic heterocycles. The Hall–Kier alpha value is 0.420. The van der Waals surface area contributed by atoms with Gasteiger partial charge in [0, 0.05) is 78.5 Å². The van der Waals surface area contributed by atoms with Crippen LogP contribution in [0, 0.1) is 0 Å². The Kier molecular flexibility index (Phi) is 6.05. The van der Waals surface area contributed by atoms with Gasteiger partial charge in [-0.2, -0.15) is 0 Å². The van der Waals surface area contributed by atoms with Crippen LogP contribution in [0.25, 0.3) is 0 Å². The van der Waals surface area contributed by atoms with Crippen molar-refractivity contribution < 1.29 is 0 Å². The summed E-state index contributed by atoms with van der Waals surface area (Å²) in [5, 5.41) is 10.4. The third kappa shape index (κ3) is 3.36. The van der Waals surface area contributed by atoms with Crippen LogP contribution in [0.2, 0.25) is 0 Å². The normalized spacial score (nSPS) is 27.7. The Morgan fingerprint density at radius 3 is 1.14 bits per heavy atom. The molecule has 3 fully saturated rings. The summed E-state index contributed by atoms with van der Waals surface area (Å²) < 4.78 is 13.0. The van der Waals surface area contributed by atoms with Crippen LogP contribution in [0.5, 0.6) is 0 Å². The maximum absolute atomic E-state index is 5.01. The lowest BCUT2D eigenvalue weighted by Gasteiger charge is -2.52. The predicted octanol–water partition coefficient (Wildman–Crippen LogP) is -0.562. The van der Waals surface area contributed by atoms with Crippen molar-refractivity contribution in [1.29, 1.82) is 0 Å². The lowest BCUT2D eigenvalue weighted by molar-refractivity contribution is 0.262. The highest BCUT2D eigenvalue weighted by molar-refractivity contribution is 7.62. The fraction of sp³-hybridized carbons (Fsp3) is 1.00. The second kappa shape index (κ2) is 7.80. The summed E-state index contributed by atoms with van der Waals surface area (Å²) in [7, 11) is 0.992. The first-order chi connectivity index (χ1) is 10.4. The molecular formula is C12H29N7P2. The zero-order valence-electron chi connectivity index (χ0n) is 12.8. The molecule has 3 aliphatic rings. The Morgan fingerprint density at radius 2 is 0.905 bits per heavy atom. The molecule has 0 aromatic rings. The molecule has 3 heterocycles. The molecule has 7 nitrogen and oxygen atoms in total. The summed E-state index contributed by atoms with van der Waals surface area (Å²) in [5.74, 6) is 0. The van der Waals surface area contributed by atoms with Gasteiger partial charge in [-0.05, 0) is 9.39 Å². The molecule has 0 aromatic carbocycles. The van der Waals surface area contributed by atoms with Crippen molar-refractivity contribution in [3.63, 3.8) is 0 Å². The van der Waals surface area contributed by atoms with Gasteiger partial charge in [0.2, 0.25) is 0 Å². The molecule has 3 aliphatic heterocycles. The van der Waals surface area contributed by atoms with E-state index in [0.717, 1.165) is 78.5 Å². The number of hydrogen-bond donors (Lipinski definition) is 3. The maximum atomic E-state index is 5.01. The standard InChI is InChI=1S/C12H29N7P2/c20-16-21(17-7-1-13-2-8-17,18-9-3-14-4-10-18)19-11-5-15-6-12-19/h13-15H,1-12,20H2. The lowest BCUT2D eigenvalue weighted by Crippen LogP contribution is -2.55. The maximum Gasteiger partial charge on any atom is 0.171 e. The van der Waals surface area contributed by atoms with E-state index in [0.29, 0.717) is 0 Å². The third-order valence-electron chi connectivity index (χ3n) is 4.57. The van der Waals surface area contributed by atoms with Crippen molar-refractivity contribution in [2.75, 3.05) is 78.5 Å². The summed E-state index contributed by atoms with van der Waals surface area (Å²) >= 11 is 0. The molecule has 0 spiro atoms. The van der Waals surface area contributed by atoms with Crippen LogP contribution in [0.4, 0.5) is 0 Å². The highest BCUT2D eigenvalue weighted by atomic mass is 31.2. The van der Waals surface area contributed by atoms with Crippen molar-refractivity contribution in [2.24, 2.45) is 4.52 Å². The molecule has 0 radical (unpaired) electrons. The fourth-order valence-corrected chi connectivity index (χ4v) is 8.56. The van der Waals surface area contributed by atoms with Gasteiger partial charge in [-0.3, -0.25) is 0 Å². The van der Waals surface area contributed by atoms with E-state index < -0.39 is 7.51 Å². The minimum absolute atomic E-state index is 1.08. The van der Waals surface area contributed by atoms with Crippen molar-refractivity contribution in [2.45, 2.75) is 0 Å². The molecule has 9 heteroatoms. The van der Waals surface area contributed by atoms with Gasteiger partial charge in [0.05, 0.1) is 0 Å². The Bertz CT molecular complexity index is 321. The zero-order chi connectivity index (χ0) is 14.5. The first-order valence-corrected chi connectivity index (χ1v) is 10.2. The molecule has 0 aliphatic carbocycles. The SMILES string of the molecule is PN=P(N1CCNCC1)(N1CCNCC1)N1CCNCC1. The molecule has 0 bridgehead atoms. The molecule has 0 saturated carbocycles. The predicted molar refractivity (Wildman–Crippen MR) is 92.4 cm³/mol. The minimum atomic E-state index is -1.74. The van der Waals surface area contributed by atoms with E-state index >= 15 is 0 Å². The van der Waals surface area contributed by atoms with E-state index in [4.69, 9.17) is 4.52 Å². The largest absolute Gasteiger partial charge is 0.314 e. The van der Waals surface area contributed by atoms with E-state index in [1.165, 1.54) is 0 Å². The molecular weight excluding hydrogens is 304 g/mol. The van der Waals surface area contributed by atoms with Crippen molar-refractivity contribution >= 4 is 16.9 Å². The van der Waals surface area contributed by atoms with Gasteiger partial charge in [-0.1, -0.05) is 0 Å². The Morgan fingerprint density at radius 1 is 0.619 bits per heavy atom. The molecule has 122 valence electrons. The summed E-state index contributed by atoms with van der Waals surface area (Å²) in [6, 6.07) is 0. The quantitative estimate of drug-likeness (QED) is 0.602. The topological polar surface area (TPSA) is 58.2 Å². The lowest BCUT2D eigenvalue weighted by atomic mass is 10.4. The molecule has 3 N–H and O–H groups in total. The number of rotatable bonds is 3. The van der Waals surface area contributed by atoms with Gasteiger partial charge in [0.25, 0.3) is 0 Å². The van der Waals surface area contributed by atoms with Crippen LogP contribution in [0.15, 0.2) is 4.52 Å². The van der Waals surface area contributed by atoms with Gasteiger partial charge in [0.1, 0.15) is 0 Å². The van der Waals surface area contributed by atoms with Crippen molar-refractivity contribution in [3.8, 4) is 0 Å². The van der Waals surface area contributed by atoms with Gasteiger partial charge < -0.3 is 16.0 Å². The van der Waals surface area contributed by atoms with Crippen LogP contribution in [0.3, 0.4) is 0 Å². The van der Waals surface area contributed by atoms with Crippen molar-refractivity contribution in [1.82, 2.24) is 30.0 Å². The summed E-state index contributed by atoms with van der Waals surface area (Å²) in [5.41, 5.74) is 0. The van der Waals surface area contributed by atoms with Crippen LogP contribution >= 0.6 is 16.9 Å². The van der Waals surface area contributed by atoms with E-state index in [1.54, 1.807) is 0 Å². The van der Waals surface area contributed by atoms with E-state index in [1.807, 2.05) is 0 Å². The second-order valence-electron chi connectivity index (χ2n) is 5.76. The first kappa shape index (κ1) is 16.3. The van der Waals surface area contributed by atoms with Crippen molar-refractivity contribution in [3.05, 3.63) is 0 Å². The highest BCUT2D eigenvalue weighted by Gasteiger charge is 2.40. The van der Waals surface area contributed by atoms with E-state index in [9.17, 15) is 0 Å². The number of nitrogens with zero attached hydrogens (tertiary/aromatic N) is 4. The Balaban J connectivity index is 1.90. The average Bonchev–Trinajstić information content (AvgIpc) is 2.59.